The summed E-state index contributed by atoms with van der Waals surface area (Å²) >= 11 is 0. The molecule has 0 bridgehead atoms. The quantitative estimate of drug-likeness (QED) is 0.558. The Morgan fingerprint density at radius 1 is 0.929 bits per heavy atom. The second-order valence-corrected chi connectivity index (χ2v) is 4.81. The third kappa shape index (κ3) is 2.04. The van der Waals surface area contributed by atoms with Crippen molar-refractivity contribution in [2.24, 2.45) is 0 Å². The fraction of sp³-hybridized carbons (Fsp3) is 0.667. The molecular weight excluding hydrogens is 194 g/mol. The van der Waals surface area contributed by atoms with Gasteiger partial charge in [0, 0.05) is 11.1 Å². The van der Waals surface area contributed by atoms with Gasteiger partial charge in [-0.2, -0.15) is 0 Å². The molecule has 0 aliphatic carbocycles. The number of likely N-dealkylation sites (tertiary alicyclic amines) is 1. The van der Waals surface area contributed by atoms with Crippen LogP contribution >= 0.6 is 0 Å². The fourth-order valence-electron chi connectivity index (χ4n) is 2.32. The van der Waals surface area contributed by atoms with Gasteiger partial charge in [-0.1, -0.05) is 13.2 Å². The first kappa shape index (κ1) is 13.7. The highest BCUT2D eigenvalue weighted by Crippen LogP contribution is 2.32. The van der Waals surface area contributed by atoms with E-state index in [4.69, 9.17) is 0 Å². The first-order chi connectivity index (χ1) is 5.90. The number of rotatable bonds is 2. The Hall–Kier alpha value is -0.270. The molecule has 2 heteroatoms. The zero-order valence-corrected chi connectivity index (χ0v) is 10.6. The van der Waals surface area contributed by atoms with Crippen molar-refractivity contribution in [2.75, 3.05) is 13.1 Å². The van der Waals surface area contributed by atoms with E-state index in [2.05, 4.69) is 40.9 Å². The molecule has 0 amide bonds. The van der Waals surface area contributed by atoms with Crippen molar-refractivity contribution in [1.29, 1.82) is 0 Å². The van der Waals surface area contributed by atoms with Gasteiger partial charge in [0.2, 0.25) is 0 Å². The largest absolute Gasteiger partial charge is 1.00 e. The summed E-state index contributed by atoms with van der Waals surface area (Å²) in [5, 5.41) is 0. The molecule has 0 N–H and O–H groups in total. The average Bonchev–Trinajstić information content (AvgIpc) is 2.29. The number of halogens is 1. The van der Waals surface area contributed by atoms with E-state index in [1.165, 1.54) is 11.1 Å². The minimum absolute atomic E-state index is 0. The summed E-state index contributed by atoms with van der Waals surface area (Å²) in [5.41, 5.74) is 2.50. The van der Waals surface area contributed by atoms with Crippen LogP contribution in [0.2, 0.25) is 0 Å². The average molecular weight is 216 g/mol. The van der Waals surface area contributed by atoms with Crippen molar-refractivity contribution in [3.05, 3.63) is 24.3 Å². The van der Waals surface area contributed by atoms with Crippen LogP contribution < -0.4 is 12.4 Å². The SMILES string of the molecule is C=C1C[N+](C(C)C)(C(C)C)CC1=C.[Cl-]. The van der Waals surface area contributed by atoms with Gasteiger partial charge in [-0.25, -0.2) is 0 Å². The molecule has 1 heterocycles. The molecule has 82 valence electrons. The van der Waals surface area contributed by atoms with Gasteiger partial charge >= 0.3 is 0 Å². The van der Waals surface area contributed by atoms with E-state index in [1.807, 2.05) is 0 Å². The first-order valence-electron chi connectivity index (χ1n) is 5.12. The smallest absolute Gasteiger partial charge is 0.105 e. The number of nitrogens with zero attached hydrogens (tertiary/aromatic N) is 1. The van der Waals surface area contributed by atoms with Crippen LogP contribution in [0.4, 0.5) is 0 Å². The second-order valence-electron chi connectivity index (χ2n) is 4.81. The zero-order valence-electron chi connectivity index (χ0n) is 9.81. The van der Waals surface area contributed by atoms with Gasteiger partial charge in [-0.05, 0) is 27.7 Å². The van der Waals surface area contributed by atoms with E-state index in [-0.39, 0.29) is 12.4 Å². The number of quaternary nitrogens is 1. The lowest BCUT2D eigenvalue weighted by Crippen LogP contribution is -3.00. The van der Waals surface area contributed by atoms with Gasteiger partial charge in [-0.15, -0.1) is 0 Å². The minimum Gasteiger partial charge on any atom is -1.00 e. The third-order valence-corrected chi connectivity index (χ3v) is 3.53. The van der Waals surface area contributed by atoms with Crippen LogP contribution in [-0.2, 0) is 0 Å². The lowest BCUT2D eigenvalue weighted by atomic mass is 10.1. The Morgan fingerprint density at radius 2 is 1.21 bits per heavy atom. The number of hydrogen-bond acceptors (Lipinski definition) is 0. The molecule has 0 spiro atoms. The van der Waals surface area contributed by atoms with Crippen molar-refractivity contribution in [1.82, 2.24) is 0 Å². The van der Waals surface area contributed by atoms with Crippen LogP contribution in [0.3, 0.4) is 0 Å². The summed E-state index contributed by atoms with van der Waals surface area (Å²) in [6.45, 7) is 19.5. The van der Waals surface area contributed by atoms with Gasteiger partial charge < -0.3 is 16.9 Å². The van der Waals surface area contributed by atoms with E-state index >= 15 is 0 Å². The van der Waals surface area contributed by atoms with Gasteiger partial charge in [0.15, 0.2) is 0 Å². The summed E-state index contributed by atoms with van der Waals surface area (Å²) in [7, 11) is 0. The van der Waals surface area contributed by atoms with E-state index in [0.717, 1.165) is 17.6 Å². The molecule has 1 fully saturated rings. The molecule has 0 aromatic heterocycles. The molecule has 14 heavy (non-hydrogen) atoms. The fourth-order valence-corrected chi connectivity index (χ4v) is 2.32. The summed E-state index contributed by atoms with van der Waals surface area (Å²) in [6, 6.07) is 1.33. The highest BCUT2D eigenvalue weighted by molar-refractivity contribution is 5.29. The summed E-state index contributed by atoms with van der Waals surface area (Å²) in [5.74, 6) is 0. The summed E-state index contributed by atoms with van der Waals surface area (Å²) in [4.78, 5) is 0. The Morgan fingerprint density at radius 3 is 1.36 bits per heavy atom. The van der Waals surface area contributed by atoms with Crippen LogP contribution in [0, 0.1) is 0 Å². The van der Waals surface area contributed by atoms with Crippen molar-refractivity contribution in [3.8, 4) is 0 Å². The molecule has 0 aromatic carbocycles. The van der Waals surface area contributed by atoms with Crippen molar-refractivity contribution < 1.29 is 16.9 Å². The zero-order chi connectivity index (χ0) is 10.2. The van der Waals surface area contributed by atoms with E-state index < -0.39 is 0 Å². The lowest BCUT2D eigenvalue weighted by Gasteiger charge is -2.41. The van der Waals surface area contributed by atoms with Crippen LogP contribution in [0.5, 0.6) is 0 Å². The first-order valence-corrected chi connectivity index (χ1v) is 5.12. The maximum Gasteiger partial charge on any atom is 0.105 e. The monoisotopic (exact) mass is 215 g/mol. The van der Waals surface area contributed by atoms with E-state index in [1.54, 1.807) is 0 Å². The second kappa shape index (κ2) is 4.50. The molecule has 1 nitrogen and oxygen atoms in total. The lowest BCUT2D eigenvalue weighted by molar-refractivity contribution is -0.951. The number of hydrogen-bond donors (Lipinski definition) is 0. The standard InChI is InChI=1S/C12H22N.ClH/c1-9(2)13(10(3)4)7-11(5)12(6)8-13;/h9-10H,5-8H2,1-4H3;1H/q+1;/p-1. The molecule has 1 aliphatic rings. The third-order valence-electron chi connectivity index (χ3n) is 3.53. The topological polar surface area (TPSA) is 0 Å². The van der Waals surface area contributed by atoms with Crippen LogP contribution in [0.25, 0.3) is 0 Å². The Bertz CT molecular complexity index is 215. The molecule has 0 atom stereocenters. The molecule has 0 saturated carbocycles. The normalized spacial score (nSPS) is 20.4. The van der Waals surface area contributed by atoms with Crippen molar-refractivity contribution >= 4 is 0 Å². The summed E-state index contributed by atoms with van der Waals surface area (Å²) in [6.07, 6.45) is 0. The van der Waals surface area contributed by atoms with Crippen LogP contribution in [-0.4, -0.2) is 29.7 Å². The molecule has 0 unspecified atom stereocenters. The predicted octanol–water partition coefficient (Wildman–Crippen LogP) is -0.250. The molecule has 1 saturated heterocycles. The molecule has 1 rings (SSSR count). The van der Waals surface area contributed by atoms with Crippen LogP contribution in [0.1, 0.15) is 27.7 Å². The Labute approximate surface area is 94.5 Å². The van der Waals surface area contributed by atoms with Crippen LogP contribution in [0.15, 0.2) is 24.3 Å². The molecule has 0 radical (unpaired) electrons. The maximum absolute atomic E-state index is 4.08. The van der Waals surface area contributed by atoms with E-state index in [9.17, 15) is 0 Å². The highest BCUT2D eigenvalue weighted by Gasteiger charge is 2.41. The molecule has 1 aliphatic heterocycles. The maximum atomic E-state index is 4.08. The van der Waals surface area contributed by atoms with Crippen molar-refractivity contribution in [2.45, 2.75) is 39.8 Å². The van der Waals surface area contributed by atoms with Crippen molar-refractivity contribution in [3.63, 3.8) is 0 Å². The summed E-state index contributed by atoms with van der Waals surface area (Å²) < 4.78 is 1.14. The molecule has 0 aromatic rings. The van der Waals surface area contributed by atoms with Gasteiger partial charge in [0.1, 0.15) is 13.1 Å². The Balaban J connectivity index is 0.00000169. The minimum atomic E-state index is 0. The van der Waals surface area contributed by atoms with Gasteiger partial charge in [-0.3, -0.25) is 0 Å². The van der Waals surface area contributed by atoms with Gasteiger partial charge in [0.25, 0.3) is 0 Å². The van der Waals surface area contributed by atoms with E-state index in [0.29, 0.717) is 12.1 Å². The van der Waals surface area contributed by atoms with Gasteiger partial charge in [0.05, 0.1) is 12.1 Å². The predicted molar refractivity (Wildman–Crippen MR) is 58.5 cm³/mol. The highest BCUT2D eigenvalue weighted by atomic mass is 35.5. The Kier molecular flexibility index (Phi) is 4.41. The molecular formula is C12H22ClN.